The minimum atomic E-state index is 0.0538. The van der Waals surface area contributed by atoms with Crippen molar-refractivity contribution in [3.8, 4) is 27.8 Å². The molecule has 1 aromatic heterocycles. The first-order chi connectivity index (χ1) is 15.0. The van der Waals surface area contributed by atoms with E-state index in [1.165, 1.54) is 4.88 Å². The molecule has 0 radical (unpaired) electrons. The van der Waals surface area contributed by atoms with Gasteiger partial charge in [-0.3, -0.25) is 4.79 Å². The molecule has 0 saturated carbocycles. The molecule has 31 heavy (non-hydrogen) atoms. The van der Waals surface area contributed by atoms with Gasteiger partial charge in [0.1, 0.15) is 10.8 Å². The highest BCUT2D eigenvalue weighted by molar-refractivity contribution is 7.15. The average molecular weight is 441 g/mol. The van der Waals surface area contributed by atoms with Gasteiger partial charge in [-0.15, -0.1) is 11.3 Å². The Morgan fingerprint density at radius 1 is 0.968 bits per heavy atom. The van der Waals surface area contributed by atoms with E-state index in [1.807, 2.05) is 49.4 Å². The number of carbonyl (C=O) groups excluding carboxylic acids is 1. The van der Waals surface area contributed by atoms with Crippen molar-refractivity contribution in [1.29, 1.82) is 0 Å². The quantitative estimate of drug-likeness (QED) is 0.505. The summed E-state index contributed by atoms with van der Waals surface area (Å²) in [6.45, 7) is 2.59. The smallest absolute Gasteiger partial charge is 0.220 e. The second kappa shape index (κ2) is 10.8. The summed E-state index contributed by atoms with van der Waals surface area (Å²) in [5.74, 6) is 2.24. The summed E-state index contributed by atoms with van der Waals surface area (Å²) in [6, 6.07) is 13.6. The van der Waals surface area contributed by atoms with Crippen molar-refractivity contribution < 1.29 is 19.0 Å². The monoisotopic (exact) mass is 440 g/mol. The molecule has 0 bridgehead atoms. The summed E-state index contributed by atoms with van der Waals surface area (Å²) in [7, 11) is 4.88. The molecule has 0 unspecified atom stereocenters. The second-order valence-electron chi connectivity index (χ2n) is 7.05. The lowest BCUT2D eigenvalue weighted by Gasteiger charge is -2.08. The highest BCUT2D eigenvalue weighted by Crippen LogP contribution is 2.35. The minimum absolute atomic E-state index is 0.0538. The number of nitrogens with one attached hydrogen (secondary N) is 1. The number of aryl methyl sites for hydroxylation is 2. The van der Waals surface area contributed by atoms with E-state index in [2.05, 4.69) is 5.32 Å². The average Bonchev–Trinajstić information content (AvgIpc) is 3.17. The molecule has 3 rings (SSSR count). The summed E-state index contributed by atoms with van der Waals surface area (Å²) in [5.41, 5.74) is 3.09. The van der Waals surface area contributed by atoms with E-state index in [1.54, 1.807) is 32.7 Å². The number of nitrogens with zero attached hydrogens (tertiary/aromatic N) is 1. The van der Waals surface area contributed by atoms with E-state index in [0.717, 1.165) is 34.0 Å². The van der Waals surface area contributed by atoms with Crippen molar-refractivity contribution >= 4 is 17.2 Å². The zero-order valence-electron chi connectivity index (χ0n) is 18.4. The van der Waals surface area contributed by atoms with Gasteiger partial charge in [0.2, 0.25) is 5.91 Å². The molecule has 0 fully saturated rings. The van der Waals surface area contributed by atoms with Gasteiger partial charge in [0.15, 0.2) is 11.5 Å². The fraction of sp³-hybridized carbons (Fsp3) is 0.333. The number of hydrogen-bond donors (Lipinski definition) is 1. The third-order valence-corrected chi connectivity index (χ3v) is 6.26. The Kier molecular flexibility index (Phi) is 7.89. The van der Waals surface area contributed by atoms with Crippen LogP contribution in [0.1, 0.15) is 22.6 Å². The Balaban J connectivity index is 1.52. The lowest BCUT2D eigenvalue weighted by molar-refractivity contribution is -0.121. The van der Waals surface area contributed by atoms with Crippen molar-refractivity contribution in [2.75, 3.05) is 27.9 Å². The zero-order valence-corrected chi connectivity index (χ0v) is 19.2. The van der Waals surface area contributed by atoms with Crippen molar-refractivity contribution in [2.24, 2.45) is 0 Å². The number of amides is 1. The molecular formula is C24H28N2O4S. The minimum Gasteiger partial charge on any atom is -0.497 e. The van der Waals surface area contributed by atoms with Gasteiger partial charge in [-0.2, -0.15) is 0 Å². The van der Waals surface area contributed by atoms with Gasteiger partial charge in [0, 0.05) is 29.8 Å². The number of carbonyl (C=O) groups is 1. The molecule has 164 valence electrons. The van der Waals surface area contributed by atoms with Gasteiger partial charge in [0.25, 0.3) is 0 Å². The number of benzene rings is 2. The van der Waals surface area contributed by atoms with Crippen LogP contribution < -0.4 is 19.5 Å². The summed E-state index contributed by atoms with van der Waals surface area (Å²) in [4.78, 5) is 18.1. The van der Waals surface area contributed by atoms with Crippen LogP contribution in [0.15, 0.2) is 42.5 Å². The number of ether oxygens (including phenoxy) is 3. The summed E-state index contributed by atoms with van der Waals surface area (Å²) >= 11 is 1.64. The van der Waals surface area contributed by atoms with Gasteiger partial charge in [-0.1, -0.05) is 12.1 Å². The predicted molar refractivity (Wildman–Crippen MR) is 123 cm³/mol. The number of aromatic nitrogens is 1. The Bertz CT molecular complexity index is 1010. The van der Waals surface area contributed by atoms with Crippen LogP contribution in [0.5, 0.6) is 17.2 Å². The molecule has 0 saturated heterocycles. The fourth-order valence-corrected chi connectivity index (χ4v) is 4.26. The predicted octanol–water partition coefficient (Wildman–Crippen LogP) is 4.44. The van der Waals surface area contributed by atoms with Crippen LogP contribution in [0.2, 0.25) is 0 Å². The van der Waals surface area contributed by atoms with Crippen LogP contribution in [0, 0.1) is 6.92 Å². The molecule has 0 spiro atoms. The number of hydrogen-bond acceptors (Lipinski definition) is 6. The SMILES string of the molecule is COc1ccc(CCC(=O)NCCc2sc(-c3ccc(OC)c(OC)c3)nc2C)cc1. The van der Waals surface area contributed by atoms with Crippen LogP contribution in [0.25, 0.3) is 10.6 Å². The van der Waals surface area contributed by atoms with E-state index in [4.69, 9.17) is 19.2 Å². The molecule has 6 nitrogen and oxygen atoms in total. The first kappa shape index (κ1) is 22.6. The van der Waals surface area contributed by atoms with Gasteiger partial charge < -0.3 is 19.5 Å². The number of methoxy groups -OCH3 is 3. The van der Waals surface area contributed by atoms with Crippen LogP contribution in [0.4, 0.5) is 0 Å². The summed E-state index contributed by atoms with van der Waals surface area (Å²) in [6.07, 6.45) is 1.93. The molecule has 0 aliphatic heterocycles. The zero-order chi connectivity index (χ0) is 22.2. The van der Waals surface area contributed by atoms with Crippen LogP contribution in [-0.2, 0) is 17.6 Å². The van der Waals surface area contributed by atoms with Gasteiger partial charge in [0.05, 0.1) is 27.0 Å². The maximum atomic E-state index is 12.2. The molecule has 0 atom stereocenters. The van der Waals surface area contributed by atoms with Crippen molar-refractivity contribution in [2.45, 2.75) is 26.2 Å². The highest BCUT2D eigenvalue weighted by atomic mass is 32.1. The first-order valence-electron chi connectivity index (χ1n) is 10.1. The molecule has 3 aromatic rings. The standard InChI is InChI=1S/C24H28N2O4S/c1-16-22(31-24(26-16)18-8-11-20(29-3)21(15-18)30-4)13-14-25-23(27)12-7-17-5-9-19(28-2)10-6-17/h5-6,8-11,15H,7,12-14H2,1-4H3,(H,25,27). The highest BCUT2D eigenvalue weighted by Gasteiger charge is 2.13. The molecule has 0 aliphatic rings. The van der Waals surface area contributed by atoms with E-state index in [9.17, 15) is 4.79 Å². The molecule has 1 N–H and O–H groups in total. The summed E-state index contributed by atoms with van der Waals surface area (Å²) < 4.78 is 15.8. The van der Waals surface area contributed by atoms with Gasteiger partial charge in [-0.05, 0) is 49.2 Å². The normalized spacial score (nSPS) is 10.6. The topological polar surface area (TPSA) is 69.7 Å². The molecule has 1 heterocycles. The van der Waals surface area contributed by atoms with Crippen LogP contribution >= 0.6 is 11.3 Å². The second-order valence-corrected chi connectivity index (χ2v) is 8.13. The van der Waals surface area contributed by atoms with Gasteiger partial charge >= 0.3 is 0 Å². The molecule has 2 aromatic carbocycles. The van der Waals surface area contributed by atoms with Crippen molar-refractivity contribution in [3.63, 3.8) is 0 Å². The Hall–Kier alpha value is -3.06. The molecular weight excluding hydrogens is 412 g/mol. The van der Waals surface area contributed by atoms with Crippen LogP contribution in [0.3, 0.4) is 0 Å². The summed E-state index contributed by atoms with van der Waals surface area (Å²) in [5, 5.41) is 3.94. The number of thiazole rings is 1. The maximum absolute atomic E-state index is 12.2. The van der Waals surface area contributed by atoms with E-state index in [0.29, 0.717) is 30.9 Å². The maximum Gasteiger partial charge on any atom is 0.220 e. The Morgan fingerprint density at radius 3 is 2.39 bits per heavy atom. The van der Waals surface area contributed by atoms with Crippen LogP contribution in [-0.4, -0.2) is 38.8 Å². The van der Waals surface area contributed by atoms with E-state index in [-0.39, 0.29) is 5.91 Å². The molecule has 0 aliphatic carbocycles. The third kappa shape index (κ3) is 5.98. The lowest BCUT2D eigenvalue weighted by Crippen LogP contribution is -2.25. The fourth-order valence-electron chi connectivity index (χ4n) is 3.21. The van der Waals surface area contributed by atoms with Crippen molar-refractivity contribution in [1.82, 2.24) is 10.3 Å². The first-order valence-corrected chi connectivity index (χ1v) is 10.9. The molecule has 7 heteroatoms. The number of rotatable bonds is 10. The Labute approximate surface area is 187 Å². The molecule has 1 amide bonds. The Morgan fingerprint density at radius 2 is 1.71 bits per heavy atom. The lowest BCUT2D eigenvalue weighted by atomic mass is 10.1. The van der Waals surface area contributed by atoms with Gasteiger partial charge in [-0.25, -0.2) is 4.98 Å². The van der Waals surface area contributed by atoms with E-state index < -0.39 is 0 Å². The largest absolute Gasteiger partial charge is 0.497 e. The van der Waals surface area contributed by atoms with E-state index >= 15 is 0 Å². The third-order valence-electron chi connectivity index (χ3n) is 5.00. The van der Waals surface area contributed by atoms with Crippen molar-refractivity contribution in [3.05, 3.63) is 58.6 Å².